The normalized spacial score (nSPS) is 10.1. The number of hydrogen-bond acceptors (Lipinski definition) is 6. The molecule has 1 aromatic rings. The van der Waals surface area contributed by atoms with Gasteiger partial charge in [-0.3, -0.25) is 10.2 Å². The molecule has 1 heterocycles. The van der Waals surface area contributed by atoms with Gasteiger partial charge in [-0.25, -0.2) is 9.78 Å². The van der Waals surface area contributed by atoms with Crippen LogP contribution in [0.1, 0.15) is 17.3 Å². The van der Waals surface area contributed by atoms with Crippen molar-refractivity contribution in [3.05, 3.63) is 17.8 Å². The fraction of sp³-hybridized carbons (Fsp3) is 0.100. The van der Waals surface area contributed by atoms with Crippen molar-refractivity contribution in [2.24, 2.45) is 5.10 Å². The molecule has 0 aliphatic heterocycles. The number of rotatable bonds is 5. The van der Waals surface area contributed by atoms with Crippen molar-refractivity contribution < 1.29 is 14.7 Å². The molecule has 8 nitrogen and oxygen atoms in total. The molecule has 0 aliphatic carbocycles. The molecule has 0 aliphatic rings. The number of carbonyl (C=O) groups excluding carboxylic acids is 1. The highest BCUT2D eigenvalue weighted by molar-refractivity contribution is 6.14. The number of nitrogens with zero attached hydrogens (tertiary/aromatic N) is 2. The zero-order chi connectivity index (χ0) is 13.5. The van der Waals surface area contributed by atoms with Gasteiger partial charge in [0.1, 0.15) is 5.56 Å². The van der Waals surface area contributed by atoms with Gasteiger partial charge in [-0.05, 0) is 6.07 Å². The summed E-state index contributed by atoms with van der Waals surface area (Å²) in [6.45, 7) is 1.31. The number of aromatic nitrogens is 1. The third-order valence-corrected chi connectivity index (χ3v) is 1.76. The zero-order valence-electron chi connectivity index (χ0n) is 9.47. The maximum atomic E-state index is 11.0. The third kappa shape index (κ3) is 3.67. The fourth-order valence-corrected chi connectivity index (χ4v) is 1.12. The lowest BCUT2D eigenvalue weighted by Crippen LogP contribution is -2.10. The van der Waals surface area contributed by atoms with Crippen LogP contribution in [0.5, 0.6) is 0 Å². The molecule has 0 radical (unpaired) electrons. The van der Waals surface area contributed by atoms with E-state index in [9.17, 15) is 9.59 Å². The lowest BCUT2D eigenvalue weighted by atomic mass is 10.2. The Morgan fingerprint density at radius 2 is 2.28 bits per heavy atom. The second-order valence-electron chi connectivity index (χ2n) is 3.16. The Morgan fingerprint density at radius 3 is 2.83 bits per heavy atom. The molecule has 8 heteroatoms. The maximum Gasteiger partial charge on any atom is 0.339 e. The molecule has 1 rings (SSSR count). The van der Waals surface area contributed by atoms with Gasteiger partial charge >= 0.3 is 5.97 Å². The number of carboxylic acids is 1. The number of hydrazone groups is 1. The van der Waals surface area contributed by atoms with Crippen LogP contribution in [0.2, 0.25) is 0 Å². The topological polar surface area (TPSA) is 128 Å². The molecule has 0 spiro atoms. The quantitative estimate of drug-likeness (QED) is 0.453. The van der Waals surface area contributed by atoms with Crippen LogP contribution in [0.3, 0.4) is 0 Å². The summed E-state index contributed by atoms with van der Waals surface area (Å²) in [5, 5.41) is 21.7. The summed E-state index contributed by atoms with van der Waals surface area (Å²) in [6.07, 6.45) is 3.37. The number of anilines is 2. The molecule has 0 aromatic carbocycles. The van der Waals surface area contributed by atoms with Crippen LogP contribution >= 0.6 is 0 Å². The van der Waals surface area contributed by atoms with E-state index in [2.05, 4.69) is 20.8 Å². The van der Waals surface area contributed by atoms with E-state index < -0.39 is 5.97 Å². The molecule has 1 amide bonds. The minimum absolute atomic E-state index is 0.0229. The van der Waals surface area contributed by atoms with Gasteiger partial charge in [-0.15, -0.1) is 0 Å². The van der Waals surface area contributed by atoms with Gasteiger partial charge in [0, 0.05) is 13.1 Å². The molecule has 4 N–H and O–H groups in total. The minimum atomic E-state index is -1.21. The molecular formula is C10H11N5O3. The first-order valence-corrected chi connectivity index (χ1v) is 4.83. The molecule has 0 saturated carbocycles. The Bertz CT molecular complexity index is 512. The minimum Gasteiger partial charge on any atom is -0.478 e. The monoisotopic (exact) mass is 249 g/mol. The van der Waals surface area contributed by atoms with Gasteiger partial charge in [-0.2, -0.15) is 5.10 Å². The van der Waals surface area contributed by atoms with Gasteiger partial charge in [0.05, 0.1) is 18.1 Å². The van der Waals surface area contributed by atoms with E-state index in [0.29, 0.717) is 0 Å². The summed E-state index contributed by atoms with van der Waals surface area (Å²) >= 11 is 0. The third-order valence-electron chi connectivity index (χ3n) is 1.76. The number of nitrogens with one attached hydrogen (secondary N) is 3. The average molecular weight is 249 g/mol. The Hall–Kier alpha value is -2.77. The fourth-order valence-electron chi connectivity index (χ4n) is 1.12. The maximum absolute atomic E-state index is 11.0. The Morgan fingerprint density at radius 1 is 1.56 bits per heavy atom. The van der Waals surface area contributed by atoms with E-state index in [-0.39, 0.29) is 23.0 Å². The van der Waals surface area contributed by atoms with Crippen LogP contribution in [0.25, 0.3) is 0 Å². The summed E-state index contributed by atoms with van der Waals surface area (Å²) in [5.41, 5.74) is 2.53. The summed E-state index contributed by atoms with van der Waals surface area (Å²) < 4.78 is 0. The Kier molecular flexibility index (Phi) is 4.50. The van der Waals surface area contributed by atoms with E-state index in [1.165, 1.54) is 19.2 Å². The van der Waals surface area contributed by atoms with Crippen molar-refractivity contribution in [1.29, 1.82) is 5.41 Å². The van der Waals surface area contributed by atoms with Crippen LogP contribution in [0.4, 0.5) is 11.5 Å². The molecule has 94 valence electrons. The van der Waals surface area contributed by atoms with E-state index in [4.69, 9.17) is 10.5 Å². The highest BCUT2D eigenvalue weighted by atomic mass is 16.4. The standard InChI is InChI=1S/C10H11N5O3/c1-6(16)14-7-4-8(10(17)18)9(12-5-7)15-13-3-2-11/h2-5,11H,1H3,(H,12,15)(H,14,16)(H,17,18)/b11-2?,13-3-. The van der Waals surface area contributed by atoms with Crippen molar-refractivity contribution >= 4 is 35.8 Å². The van der Waals surface area contributed by atoms with Crippen LogP contribution in [0, 0.1) is 5.41 Å². The number of carboxylic acid groups (broad SMARTS) is 1. The molecule has 1 aromatic heterocycles. The number of aromatic carboxylic acids is 1. The van der Waals surface area contributed by atoms with Crippen LogP contribution in [-0.2, 0) is 4.79 Å². The van der Waals surface area contributed by atoms with Crippen LogP contribution in [0.15, 0.2) is 17.4 Å². The van der Waals surface area contributed by atoms with Crippen molar-refractivity contribution in [2.45, 2.75) is 6.92 Å². The molecule has 0 fully saturated rings. The Labute approximate surface area is 102 Å². The summed E-state index contributed by atoms with van der Waals surface area (Å²) in [5.74, 6) is -1.51. The first kappa shape index (κ1) is 13.3. The van der Waals surface area contributed by atoms with Crippen molar-refractivity contribution in [2.75, 3.05) is 10.7 Å². The number of pyridine rings is 1. The SMILES string of the molecule is CC(=O)Nc1cnc(N/N=C\C=N)c(C(=O)O)c1. The smallest absolute Gasteiger partial charge is 0.339 e. The second-order valence-corrected chi connectivity index (χ2v) is 3.16. The molecule has 18 heavy (non-hydrogen) atoms. The van der Waals surface area contributed by atoms with Gasteiger partial charge in [0.15, 0.2) is 5.82 Å². The average Bonchev–Trinajstić information content (AvgIpc) is 2.30. The molecule has 0 atom stereocenters. The Balaban J connectivity index is 3.04. The number of amides is 1. The van der Waals surface area contributed by atoms with Gasteiger partial charge in [0.25, 0.3) is 0 Å². The van der Waals surface area contributed by atoms with Gasteiger partial charge in [0.2, 0.25) is 5.91 Å². The van der Waals surface area contributed by atoms with E-state index in [1.54, 1.807) is 0 Å². The first-order valence-electron chi connectivity index (χ1n) is 4.83. The van der Waals surface area contributed by atoms with Gasteiger partial charge < -0.3 is 15.8 Å². The van der Waals surface area contributed by atoms with Crippen molar-refractivity contribution in [3.63, 3.8) is 0 Å². The lowest BCUT2D eigenvalue weighted by Gasteiger charge is -2.07. The van der Waals surface area contributed by atoms with Crippen molar-refractivity contribution in [3.8, 4) is 0 Å². The van der Waals surface area contributed by atoms with E-state index in [0.717, 1.165) is 12.4 Å². The zero-order valence-corrected chi connectivity index (χ0v) is 9.47. The molecule has 0 bridgehead atoms. The summed E-state index contributed by atoms with van der Waals surface area (Å²) in [4.78, 5) is 25.7. The number of hydrogen-bond donors (Lipinski definition) is 4. The lowest BCUT2D eigenvalue weighted by molar-refractivity contribution is -0.114. The van der Waals surface area contributed by atoms with E-state index >= 15 is 0 Å². The predicted molar refractivity (Wildman–Crippen MR) is 66.4 cm³/mol. The van der Waals surface area contributed by atoms with Crippen LogP contribution < -0.4 is 10.7 Å². The number of carbonyl (C=O) groups is 2. The largest absolute Gasteiger partial charge is 0.478 e. The highest BCUT2D eigenvalue weighted by Crippen LogP contribution is 2.17. The predicted octanol–water partition coefficient (Wildman–Crippen LogP) is 0.785. The first-order chi connectivity index (χ1) is 8.54. The van der Waals surface area contributed by atoms with Crippen molar-refractivity contribution in [1.82, 2.24) is 4.98 Å². The van der Waals surface area contributed by atoms with E-state index in [1.807, 2.05) is 0 Å². The second kappa shape index (κ2) is 6.09. The molecule has 0 saturated heterocycles. The van der Waals surface area contributed by atoms with Gasteiger partial charge in [-0.1, -0.05) is 0 Å². The highest BCUT2D eigenvalue weighted by Gasteiger charge is 2.12. The molecule has 0 unspecified atom stereocenters. The molecular weight excluding hydrogens is 238 g/mol. The van der Waals surface area contributed by atoms with Crippen LogP contribution in [-0.4, -0.2) is 34.4 Å². The summed E-state index contributed by atoms with van der Waals surface area (Å²) in [6, 6.07) is 1.26. The summed E-state index contributed by atoms with van der Waals surface area (Å²) in [7, 11) is 0.